The molecule has 0 saturated carbocycles. The molecule has 0 aliphatic heterocycles. The van der Waals surface area contributed by atoms with Gasteiger partial charge in [0.05, 0.1) is 28.9 Å². The molecule has 0 unspecified atom stereocenters. The number of aromatic carboxylic acids is 3. The number of benzene rings is 1. The summed E-state index contributed by atoms with van der Waals surface area (Å²) >= 11 is 0. The highest BCUT2D eigenvalue weighted by molar-refractivity contribution is 6.09. The van der Waals surface area contributed by atoms with Gasteiger partial charge in [0.1, 0.15) is 0 Å². The highest BCUT2D eigenvalue weighted by atomic mass is 16.5. The number of carbonyl (C=O) groups is 4. The van der Waals surface area contributed by atoms with Crippen LogP contribution < -0.4 is 0 Å². The van der Waals surface area contributed by atoms with E-state index >= 15 is 0 Å². The Hall–Kier alpha value is -2.90. The highest BCUT2D eigenvalue weighted by Gasteiger charge is 2.26. The number of carboxylic acid groups (broad SMARTS) is 3. The molecule has 0 heterocycles. The lowest BCUT2D eigenvalue weighted by Gasteiger charge is -2.10. The normalized spacial score (nSPS) is 10.1. The van der Waals surface area contributed by atoms with E-state index in [-0.39, 0.29) is 6.61 Å². The van der Waals surface area contributed by atoms with Gasteiger partial charge in [-0.1, -0.05) is 19.8 Å². The zero-order valence-electron chi connectivity index (χ0n) is 12.4. The smallest absolute Gasteiger partial charge is 0.339 e. The molecule has 124 valence electrons. The summed E-state index contributed by atoms with van der Waals surface area (Å²) < 4.78 is 4.91. The third kappa shape index (κ3) is 4.53. The topological polar surface area (TPSA) is 138 Å². The summed E-state index contributed by atoms with van der Waals surface area (Å²) in [5.74, 6) is -5.74. The average Bonchev–Trinajstić information content (AvgIpc) is 2.49. The van der Waals surface area contributed by atoms with Crippen LogP contribution in [0.25, 0.3) is 0 Å². The Balaban J connectivity index is 3.26. The van der Waals surface area contributed by atoms with Crippen LogP contribution >= 0.6 is 0 Å². The number of hydrogen-bond acceptors (Lipinski definition) is 5. The van der Waals surface area contributed by atoms with Crippen LogP contribution in [0.4, 0.5) is 0 Å². The number of ether oxygens (including phenoxy) is 1. The molecule has 0 aliphatic rings. The molecule has 8 nitrogen and oxygen atoms in total. The van der Waals surface area contributed by atoms with Gasteiger partial charge >= 0.3 is 23.9 Å². The van der Waals surface area contributed by atoms with E-state index in [4.69, 9.17) is 20.1 Å². The molecule has 0 aliphatic carbocycles. The molecule has 0 radical (unpaired) electrons. The van der Waals surface area contributed by atoms with E-state index in [9.17, 15) is 19.2 Å². The second kappa shape index (κ2) is 7.92. The lowest BCUT2D eigenvalue weighted by atomic mass is 9.98. The Bertz CT molecular complexity index is 647. The summed E-state index contributed by atoms with van der Waals surface area (Å²) in [5.41, 5.74) is -2.50. The molecule has 0 fully saturated rings. The largest absolute Gasteiger partial charge is 0.478 e. The number of hydrogen-bond donors (Lipinski definition) is 3. The van der Waals surface area contributed by atoms with E-state index in [0.717, 1.165) is 18.9 Å². The highest BCUT2D eigenvalue weighted by Crippen LogP contribution is 2.19. The predicted octanol–water partition coefficient (Wildman–Crippen LogP) is 2.13. The minimum atomic E-state index is -1.60. The van der Waals surface area contributed by atoms with Crippen molar-refractivity contribution < 1.29 is 39.2 Å². The van der Waals surface area contributed by atoms with Crippen molar-refractivity contribution in [2.24, 2.45) is 0 Å². The summed E-state index contributed by atoms with van der Waals surface area (Å²) in [6.07, 6.45) is 2.30. The minimum absolute atomic E-state index is 0.0643. The summed E-state index contributed by atoms with van der Waals surface area (Å²) in [5, 5.41) is 27.1. The molecule has 0 saturated heterocycles. The average molecular weight is 324 g/mol. The zero-order valence-corrected chi connectivity index (χ0v) is 12.4. The lowest BCUT2D eigenvalue weighted by molar-refractivity contribution is 0.0486. The van der Waals surface area contributed by atoms with Crippen molar-refractivity contribution in [3.05, 3.63) is 34.4 Å². The molecule has 1 aromatic rings. The first-order valence-corrected chi connectivity index (χ1v) is 6.84. The number of unbranched alkanes of at least 4 members (excludes halogenated alkanes) is 2. The van der Waals surface area contributed by atoms with Crippen LogP contribution in [-0.4, -0.2) is 45.8 Å². The van der Waals surface area contributed by atoms with Crippen molar-refractivity contribution in [1.29, 1.82) is 0 Å². The van der Waals surface area contributed by atoms with Crippen LogP contribution in [0, 0.1) is 0 Å². The van der Waals surface area contributed by atoms with E-state index in [1.54, 1.807) is 0 Å². The van der Waals surface area contributed by atoms with Crippen LogP contribution in [-0.2, 0) is 4.74 Å². The molecule has 0 spiro atoms. The van der Waals surface area contributed by atoms with Gasteiger partial charge in [-0.15, -0.1) is 0 Å². The second-order valence-corrected chi connectivity index (χ2v) is 4.70. The molecule has 0 atom stereocenters. The summed E-state index contributed by atoms with van der Waals surface area (Å²) in [4.78, 5) is 45.3. The maximum absolute atomic E-state index is 12.0. The van der Waals surface area contributed by atoms with Crippen LogP contribution in [0.5, 0.6) is 0 Å². The Morgan fingerprint density at radius 1 is 0.826 bits per heavy atom. The zero-order chi connectivity index (χ0) is 17.6. The van der Waals surface area contributed by atoms with E-state index in [1.807, 2.05) is 6.92 Å². The molecule has 3 N–H and O–H groups in total. The van der Waals surface area contributed by atoms with Crippen LogP contribution in [0.3, 0.4) is 0 Å². The monoisotopic (exact) mass is 324 g/mol. The Morgan fingerprint density at radius 2 is 1.26 bits per heavy atom. The molecular weight excluding hydrogens is 308 g/mol. The van der Waals surface area contributed by atoms with Crippen LogP contribution in [0.1, 0.15) is 67.6 Å². The Kier molecular flexibility index (Phi) is 6.25. The Labute approximate surface area is 131 Å². The quantitative estimate of drug-likeness (QED) is 0.488. The molecule has 0 aromatic heterocycles. The fourth-order valence-corrected chi connectivity index (χ4v) is 1.89. The van der Waals surface area contributed by atoms with Gasteiger partial charge in [-0.2, -0.15) is 0 Å². The van der Waals surface area contributed by atoms with Gasteiger partial charge in [0.25, 0.3) is 0 Å². The van der Waals surface area contributed by atoms with E-state index in [2.05, 4.69) is 0 Å². The van der Waals surface area contributed by atoms with Crippen LogP contribution in [0.2, 0.25) is 0 Å². The predicted molar refractivity (Wildman–Crippen MR) is 77.1 cm³/mol. The third-order valence-corrected chi connectivity index (χ3v) is 3.05. The molecule has 1 aromatic carbocycles. The van der Waals surface area contributed by atoms with E-state index < -0.39 is 46.1 Å². The number of carbonyl (C=O) groups excluding carboxylic acids is 1. The molecule has 8 heteroatoms. The fraction of sp³-hybridized carbons (Fsp3) is 0.333. The summed E-state index contributed by atoms with van der Waals surface area (Å²) in [6, 6.07) is 1.37. The maximum Gasteiger partial charge on any atom is 0.339 e. The van der Waals surface area contributed by atoms with Crippen molar-refractivity contribution in [1.82, 2.24) is 0 Å². The van der Waals surface area contributed by atoms with E-state index in [1.165, 1.54) is 0 Å². The third-order valence-electron chi connectivity index (χ3n) is 3.05. The second-order valence-electron chi connectivity index (χ2n) is 4.70. The SMILES string of the molecule is CCCCCOC(=O)c1cc(C(=O)O)c(C(=O)O)cc1C(=O)O. The van der Waals surface area contributed by atoms with Gasteiger partial charge in [0, 0.05) is 0 Å². The molecule has 0 bridgehead atoms. The maximum atomic E-state index is 12.0. The Morgan fingerprint density at radius 3 is 1.70 bits per heavy atom. The van der Waals surface area contributed by atoms with Gasteiger partial charge in [0.2, 0.25) is 0 Å². The molecule has 0 amide bonds. The van der Waals surface area contributed by atoms with Crippen molar-refractivity contribution in [2.45, 2.75) is 26.2 Å². The number of esters is 1. The van der Waals surface area contributed by atoms with Gasteiger partial charge in [-0.3, -0.25) is 0 Å². The first-order valence-electron chi connectivity index (χ1n) is 6.84. The molecule has 23 heavy (non-hydrogen) atoms. The minimum Gasteiger partial charge on any atom is -0.478 e. The summed E-state index contributed by atoms with van der Waals surface area (Å²) in [6.45, 7) is 2.02. The van der Waals surface area contributed by atoms with Gasteiger partial charge in [-0.05, 0) is 18.6 Å². The van der Waals surface area contributed by atoms with Crippen LogP contribution in [0.15, 0.2) is 12.1 Å². The standard InChI is InChI=1S/C15H16O8/c1-2-3-4-5-23-15(22)11-7-9(13(18)19)8(12(16)17)6-10(11)14(20)21/h6-7H,2-5H2,1H3,(H,16,17)(H,18,19)(H,20,21). The molecular formula is C15H16O8. The number of carboxylic acids is 3. The van der Waals surface area contributed by atoms with Crippen molar-refractivity contribution >= 4 is 23.9 Å². The van der Waals surface area contributed by atoms with Crippen molar-refractivity contribution in [3.8, 4) is 0 Å². The van der Waals surface area contributed by atoms with Gasteiger partial charge < -0.3 is 20.1 Å². The van der Waals surface area contributed by atoms with E-state index in [0.29, 0.717) is 12.5 Å². The van der Waals surface area contributed by atoms with Crippen molar-refractivity contribution in [2.75, 3.05) is 6.61 Å². The first-order chi connectivity index (χ1) is 10.8. The fourth-order valence-electron chi connectivity index (χ4n) is 1.89. The number of rotatable bonds is 8. The molecule has 1 rings (SSSR count). The van der Waals surface area contributed by atoms with Gasteiger partial charge in [0.15, 0.2) is 0 Å². The van der Waals surface area contributed by atoms with Crippen molar-refractivity contribution in [3.63, 3.8) is 0 Å². The summed E-state index contributed by atoms with van der Waals surface area (Å²) in [7, 11) is 0. The van der Waals surface area contributed by atoms with Gasteiger partial charge in [-0.25, -0.2) is 19.2 Å². The first kappa shape index (κ1) is 18.1. The lowest BCUT2D eigenvalue weighted by Crippen LogP contribution is -2.17.